The number of para-hydroxylation sites is 1. The van der Waals surface area contributed by atoms with Crippen molar-refractivity contribution in [3.05, 3.63) is 42.2 Å². The molecule has 0 amide bonds. The highest BCUT2D eigenvalue weighted by atomic mass is 16.5. The first-order valence-corrected chi connectivity index (χ1v) is 6.82. The molecule has 0 saturated heterocycles. The average Bonchev–Trinajstić information content (AvgIpc) is 2.50. The molecule has 0 spiro atoms. The van der Waals surface area contributed by atoms with Gasteiger partial charge in [-0.15, -0.1) is 0 Å². The smallest absolute Gasteiger partial charge is 0.268 e. The second kappa shape index (κ2) is 7.28. The number of hydrogen-bond acceptors (Lipinski definition) is 5. The summed E-state index contributed by atoms with van der Waals surface area (Å²) in [7, 11) is 1.57. The summed E-state index contributed by atoms with van der Waals surface area (Å²) >= 11 is 0. The third-order valence-corrected chi connectivity index (χ3v) is 2.79. The maximum atomic E-state index is 5.90. The molecule has 0 saturated carbocycles. The fraction of sp³-hybridized carbons (Fsp3) is 0.250. The molecule has 0 fully saturated rings. The minimum atomic E-state index is 0.389. The monoisotopic (exact) mass is 285 g/mol. The summed E-state index contributed by atoms with van der Waals surface area (Å²) < 4.78 is 11.3. The summed E-state index contributed by atoms with van der Waals surface area (Å²) in [5.41, 5.74) is 0.977. The molecule has 0 bridgehead atoms. The Morgan fingerprint density at radius 2 is 2.05 bits per heavy atom. The lowest BCUT2D eigenvalue weighted by molar-refractivity contribution is 0.369. The first kappa shape index (κ1) is 14.8. The van der Waals surface area contributed by atoms with E-state index < -0.39 is 0 Å². The van der Waals surface area contributed by atoms with Crippen molar-refractivity contribution >= 4 is 11.9 Å². The van der Waals surface area contributed by atoms with Gasteiger partial charge in [0.25, 0.3) is 5.88 Å². The molecule has 0 radical (unpaired) electrons. The predicted octanol–water partition coefficient (Wildman–Crippen LogP) is 3.74. The second-order valence-electron chi connectivity index (χ2n) is 4.23. The minimum absolute atomic E-state index is 0.389. The van der Waals surface area contributed by atoms with Gasteiger partial charge in [0.15, 0.2) is 5.82 Å². The van der Waals surface area contributed by atoms with Gasteiger partial charge in [0.1, 0.15) is 12.1 Å². The number of rotatable bonds is 6. The number of hydrogen-bond donors (Lipinski definition) is 1. The first-order valence-electron chi connectivity index (χ1n) is 6.82. The number of nitrogens with one attached hydrogen (secondary N) is 1. The van der Waals surface area contributed by atoms with Crippen LogP contribution in [0.15, 0.2) is 36.7 Å². The normalized spacial score (nSPS) is 10.6. The summed E-state index contributed by atoms with van der Waals surface area (Å²) in [5, 5.41) is 3.12. The SMILES string of the molecule is C/C=C/c1ccccc1Oc1ncnc(NCC)c1OC. The lowest BCUT2D eigenvalue weighted by atomic mass is 10.2. The lowest BCUT2D eigenvalue weighted by Gasteiger charge is -2.13. The molecule has 21 heavy (non-hydrogen) atoms. The van der Waals surface area contributed by atoms with Crippen molar-refractivity contribution < 1.29 is 9.47 Å². The molecule has 0 unspecified atom stereocenters. The van der Waals surface area contributed by atoms with E-state index in [1.807, 2.05) is 50.3 Å². The summed E-state index contributed by atoms with van der Waals surface area (Å²) in [6, 6.07) is 7.75. The molecule has 0 aliphatic heterocycles. The molecular weight excluding hydrogens is 266 g/mol. The Morgan fingerprint density at radius 3 is 2.76 bits per heavy atom. The molecule has 1 N–H and O–H groups in total. The fourth-order valence-electron chi connectivity index (χ4n) is 1.90. The zero-order valence-electron chi connectivity index (χ0n) is 12.5. The molecule has 0 atom stereocenters. The Bertz CT molecular complexity index is 627. The van der Waals surface area contributed by atoms with Crippen LogP contribution in [0, 0.1) is 0 Å². The van der Waals surface area contributed by atoms with Crippen molar-refractivity contribution in [1.29, 1.82) is 0 Å². The maximum Gasteiger partial charge on any atom is 0.268 e. The first-order chi connectivity index (χ1) is 10.3. The highest BCUT2D eigenvalue weighted by Gasteiger charge is 2.14. The van der Waals surface area contributed by atoms with Gasteiger partial charge in [-0.2, -0.15) is 4.98 Å². The van der Waals surface area contributed by atoms with E-state index in [0.29, 0.717) is 17.4 Å². The van der Waals surface area contributed by atoms with Gasteiger partial charge < -0.3 is 14.8 Å². The molecule has 0 aliphatic rings. The number of anilines is 1. The number of ether oxygens (including phenoxy) is 2. The number of benzene rings is 1. The minimum Gasteiger partial charge on any atom is -0.489 e. The van der Waals surface area contributed by atoms with E-state index in [-0.39, 0.29) is 0 Å². The lowest BCUT2D eigenvalue weighted by Crippen LogP contribution is -2.04. The molecule has 2 rings (SSSR count). The molecule has 0 aliphatic carbocycles. The molecular formula is C16H19N3O2. The zero-order chi connectivity index (χ0) is 15.1. The van der Waals surface area contributed by atoms with E-state index in [0.717, 1.165) is 17.9 Å². The van der Waals surface area contributed by atoms with Crippen molar-refractivity contribution in [1.82, 2.24) is 9.97 Å². The van der Waals surface area contributed by atoms with Crippen molar-refractivity contribution in [2.75, 3.05) is 19.0 Å². The van der Waals surface area contributed by atoms with Crippen LogP contribution in [0.25, 0.3) is 6.08 Å². The Labute approximate surface area is 124 Å². The van der Waals surface area contributed by atoms with Crippen LogP contribution in [0.5, 0.6) is 17.4 Å². The molecule has 110 valence electrons. The number of methoxy groups -OCH3 is 1. The quantitative estimate of drug-likeness (QED) is 0.876. The van der Waals surface area contributed by atoms with Crippen LogP contribution >= 0.6 is 0 Å². The Balaban J connectivity index is 2.38. The van der Waals surface area contributed by atoms with E-state index in [4.69, 9.17) is 9.47 Å². The van der Waals surface area contributed by atoms with Gasteiger partial charge in [0.2, 0.25) is 5.75 Å². The molecule has 5 heteroatoms. The number of nitrogens with zero attached hydrogens (tertiary/aromatic N) is 2. The van der Waals surface area contributed by atoms with Crippen LogP contribution in [-0.2, 0) is 0 Å². The van der Waals surface area contributed by atoms with Crippen LogP contribution in [-0.4, -0.2) is 23.6 Å². The van der Waals surface area contributed by atoms with Crippen molar-refractivity contribution in [2.45, 2.75) is 13.8 Å². The van der Waals surface area contributed by atoms with Crippen LogP contribution in [0.3, 0.4) is 0 Å². The predicted molar refractivity (Wildman–Crippen MR) is 84.0 cm³/mol. The second-order valence-corrected chi connectivity index (χ2v) is 4.23. The van der Waals surface area contributed by atoms with Crippen LogP contribution in [0.2, 0.25) is 0 Å². The molecule has 2 aromatic rings. The molecule has 1 aromatic carbocycles. The Kier molecular flexibility index (Phi) is 5.15. The van der Waals surface area contributed by atoms with Gasteiger partial charge in [0, 0.05) is 12.1 Å². The summed E-state index contributed by atoms with van der Waals surface area (Å²) in [5.74, 6) is 2.22. The van der Waals surface area contributed by atoms with Crippen molar-refractivity contribution in [2.24, 2.45) is 0 Å². The highest BCUT2D eigenvalue weighted by molar-refractivity contribution is 5.60. The number of aromatic nitrogens is 2. The topological polar surface area (TPSA) is 56.3 Å². The van der Waals surface area contributed by atoms with E-state index in [9.17, 15) is 0 Å². The summed E-state index contributed by atoms with van der Waals surface area (Å²) in [6.45, 7) is 4.69. The molecule has 1 aromatic heterocycles. The highest BCUT2D eigenvalue weighted by Crippen LogP contribution is 2.35. The van der Waals surface area contributed by atoms with Gasteiger partial charge in [-0.1, -0.05) is 30.4 Å². The fourth-order valence-corrected chi connectivity index (χ4v) is 1.90. The zero-order valence-corrected chi connectivity index (χ0v) is 12.5. The van der Waals surface area contributed by atoms with Crippen molar-refractivity contribution in [3.63, 3.8) is 0 Å². The van der Waals surface area contributed by atoms with Gasteiger partial charge >= 0.3 is 0 Å². The average molecular weight is 285 g/mol. The van der Waals surface area contributed by atoms with Gasteiger partial charge in [-0.3, -0.25) is 0 Å². The van der Waals surface area contributed by atoms with E-state index >= 15 is 0 Å². The summed E-state index contributed by atoms with van der Waals surface area (Å²) in [6.07, 6.45) is 5.39. The third kappa shape index (κ3) is 3.51. The van der Waals surface area contributed by atoms with E-state index in [1.165, 1.54) is 6.33 Å². The Morgan fingerprint density at radius 1 is 1.24 bits per heavy atom. The molecule has 1 heterocycles. The number of allylic oxidation sites excluding steroid dienone is 1. The largest absolute Gasteiger partial charge is 0.489 e. The maximum absolute atomic E-state index is 5.90. The van der Waals surface area contributed by atoms with Crippen molar-refractivity contribution in [3.8, 4) is 17.4 Å². The van der Waals surface area contributed by atoms with Gasteiger partial charge in [-0.25, -0.2) is 4.98 Å². The van der Waals surface area contributed by atoms with Crippen LogP contribution < -0.4 is 14.8 Å². The van der Waals surface area contributed by atoms with Crippen LogP contribution in [0.1, 0.15) is 19.4 Å². The van der Waals surface area contributed by atoms with Gasteiger partial charge in [-0.05, 0) is 19.9 Å². The standard InChI is InChI=1S/C16H19N3O2/c1-4-8-12-9-6-7-10-13(12)21-16-14(20-3)15(17-5-2)18-11-19-16/h4,6-11H,5H2,1-3H3,(H,17,18,19)/b8-4+. The Hall–Kier alpha value is -2.56. The van der Waals surface area contributed by atoms with Gasteiger partial charge in [0.05, 0.1) is 7.11 Å². The van der Waals surface area contributed by atoms with E-state index in [1.54, 1.807) is 7.11 Å². The molecule has 5 nitrogen and oxygen atoms in total. The third-order valence-electron chi connectivity index (χ3n) is 2.79. The van der Waals surface area contributed by atoms with E-state index in [2.05, 4.69) is 15.3 Å². The summed E-state index contributed by atoms with van der Waals surface area (Å²) in [4.78, 5) is 8.33. The van der Waals surface area contributed by atoms with Crippen LogP contribution in [0.4, 0.5) is 5.82 Å².